The minimum atomic E-state index is 0.826. The Morgan fingerprint density at radius 1 is 1.11 bits per heavy atom. The second-order valence-corrected chi connectivity index (χ2v) is 4.78. The standard InChI is InChI=1S/C13H12N4S/c1-10-7-8-12-13(14-9-15-17(10)12)16-18-11-5-3-2-4-6-11/h2-9H,1H3,(H,14,15,16). The van der Waals surface area contributed by atoms with Crippen LogP contribution >= 0.6 is 11.9 Å². The molecule has 2 heterocycles. The van der Waals surface area contributed by atoms with Crippen molar-refractivity contribution in [1.29, 1.82) is 0 Å². The van der Waals surface area contributed by atoms with E-state index in [9.17, 15) is 0 Å². The third-order valence-corrected chi connectivity index (χ3v) is 3.45. The van der Waals surface area contributed by atoms with Crippen LogP contribution in [0.1, 0.15) is 5.69 Å². The number of rotatable bonds is 3. The number of hydrogen-bond donors (Lipinski definition) is 1. The van der Waals surface area contributed by atoms with E-state index >= 15 is 0 Å². The summed E-state index contributed by atoms with van der Waals surface area (Å²) in [7, 11) is 0. The predicted molar refractivity (Wildman–Crippen MR) is 73.6 cm³/mol. The van der Waals surface area contributed by atoms with Gasteiger partial charge in [0, 0.05) is 10.6 Å². The summed E-state index contributed by atoms with van der Waals surface area (Å²) >= 11 is 1.54. The fourth-order valence-electron chi connectivity index (χ4n) is 1.74. The van der Waals surface area contributed by atoms with Crippen molar-refractivity contribution in [3.63, 3.8) is 0 Å². The number of benzene rings is 1. The summed E-state index contributed by atoms with van der Waals surface area (Å²) in [5, 5.41) is 4.21. The van der Waals surface area contributed by atoms with E-state index < -0.39 is 0 Å². The van der Waals surface area contributed by atoms with Gasteiger partial charge in [-0.05, 0) is 43.1 Å². The molecule has 0 fully saturated rings. The second kappa shape index (κ2) is 4.70. The van der Waals surface area contributed by atoms with Crippen molar-refractivity contribution in [2.75, 3.05) is 4.72 Å². The zero-order chi connectivity index (χ0) is 12.4. The van der Waals surface area contributed by atoms with Gasteiger partial charge >= 0.3 is 0 Å². The van der Waals surface area contributed by atoms with E-state index in [2.05, 4.69) is 26.9 Å². The first-order valence-corrected chi connectivity index (χ1v) is 6.43. The number of aromatic nitrogens is 3. The molecule has 0 aliphatic carbocycles. The number of aryl methyl sites for hydroxylation is 1. The molecule has 0 saturated heterocycles. The van der Waals surface area contributed by atoms with E-state index in [0.717, 1.165) is 21.9 Å². The smallest absolute Gasteiger partial charge is 0.164 e. The van der Waals surface area contributed by atoms with Gasteiger partial charge < -0.3 is 4.72 Å². The van der Waals surface area contributed by atoms with Crippen LogP contribution in [0.25, 0.3) is 5.52 Å². The molecule has 5 heteroatoms. The van der Waals surface area contributed by atoms with Crippen molar-refractivity contribution in [3.8, 4) is 0 Å². The second-order valence-electron chi connectivity index (χ2n) is 3.90. The van der Waals surface area contributed by atoms with Gasteiger partial charge in [0.1, 0.15) is 11.8 Å². The summed E-state index contributed by atoms with van der Waals surface area (Å²) in [5.41, 5.74) is 2.08. The van der Waals surface area contributed by atoms with E-state index in [1.165, 1.54) is 0 Å². The molecule has 0 unspecified atom stereocenters. The Morgan fingerprint density at radius 3 is 2.78 bits per heavy atom. The van der Waals surface area contributed by atoms with Crippen LogP contribution in [-0.4, -0.2) is 14.6 Å². The third-order valence-electron chi connectivity index (χ3n) is 2.65. The molecule has 2 aromatic heterocycles. The highest BCUT2D eigenvalue weighted by molar-refractivity contribution is 8.00. The fraction of sp³-hybridized carbons (Fsp3) is 0.0769. The first-order valence-electron chi connectivity index (χ1n) is 5.62. The molecular weight excluding hydrogens is 244 g/mol. The van der Waals surface area contributed by atoms with E-state index in [-0.39, 0.29) is 0 Å². The molecule has 18 heavy (non-hydrogen) atoms. The molecule has 90 valence electrons. The summed E-state index contributed by atoms with van der Waals surface area (Å²) in [5.74, 6) is 0.826. The molecule has 1 aromatic carbocycles. The Labute approximate surface area is 109 Å². The van der Waals surface area contributed by atoms with E-state index in [1.54, 1.807) is 18.3 Å². The highest BCUT2D eigenvalue weighted by atomic mass is 32.2. The van der Waals surface area contributed by atoms with Crippen LogP contribution in [0.2, 0.25) is 0 Å². The van der Waals surface area contributed by atoms with Crippen molar-refractivity contribution >= 4 is 23.3 Å². The predicted octanol–water partition coefficient (Wildman–Crippen LogP) is 3.16. The van der Waals surface area contributed by atoms with Crippen molar-refractivity contribution < 1.29 is 0 Å². The molecule has 0 atom stereocenters. The Balaban J connectivity index is 1.87. The van der Waals surface area contributed by atoms with Gasteiger partial charge in [-0.15, -0.1) is 0 Å². The van der Waals surface area contributed by atoms with Gasteiger partial charge in [-0.1, -0.05) is 18.2 Å². The highest BCUT2D eigenvalue weighted by Crippen LogP contribution is 2.22. The van der Waals surface area contributed by atoms with E-state index in [1.807, 2.05) is 41.8 Å². The fourth-order valence-corrected chi connectivity index (χ4v) is 2.40. The zero-order valence-electron chi connectivity index (χ0n) is 9.87. The molecule has 1 N–H and O–H groups in total. The molecule has 3 aromatic rings. The van der Waals surface area contributed by atoms with Crippen LogP contribution in [-0.2, 0) is 0 Å². The molecule has 4 nitrogen and oxygen atoms in total. The number of hydrogen-bond acceptors (Lipinski definition) is 4. The molecular formula is C13H12N4S. The van der Waals surface area contributed by atoms with Crippen LogP contribution < -0.4 is 4.72 Å². The largest absolute Gasteiger partial charge is 0.308 e. The van der Waals surface area contributed by atoms with Gasteiger partial charge in [-0.25, -0.2) is 9.50 Å². The number of nitrogens with zero attached hydrogens (tertiary/aromatic N) is 3. The normalized spacial score (nSPS) is 10.7. The van der Waals surface area contributed by atoms with Crippen LogP contribution in [0.3, 0.4) is 0 Å². The maximum atomic E-state index is 4.27. The summed E-state index contributed by atoms with van der Waals surface area (Å²) in [4.78, 5) is 5.42. The van der Waals surface area contributed by atoms with Gasteiger partial charge in [0.2, 0.25) is 0 Å². The average molecular weight is 256 g/mol. The third kappa shape index (κ3) is 2.04. The molecule has 0 spiro atoms. The monoisotopic (exact) mass is 256 g/mol. The molecule has 0 radical (unpaired) electrons. The van der Waals surface area contributed by atoms with Gasteiger partial charge in [-0.3, -0.25) is 0 Å². The minimum Gasteiger partial charge on any atom is -0.308 e. The Morgan fingerprint density at radius 2 is 1.94 bits per heavy atom. The molecule has 0 aliphatic rings. The lowest BCUT2D eigenvalue weighted by Gasteiger charge is -2.06. The molecule has 0 bridgehead atoms. The van der Waals surface area contributed by atoms with Crippen molar-refractivity contribution in [3.05, 3.63) is 54.5 Å². The maximum absolute atomic E-state index is 4.27. The first kappa shape index (κ1) is 11.1. The summed E-state index contributed by atoms with van der Waals surface area (Å²) in [6.07, 6.45) is 1.56. The summed E-state index contributed by atoms with van der Waals surface area (Å²) in [6, 6.07) is 14.2. The number of anilines is 1. The summed E-state index contributed by atoms with van der Waals surface area (Å²) in [6.45, 7) is 2.02. The highest BCUT2D eigenvalue weighted by Gasteiger charge is 2.05. The van der Waals surface area contributed by atoms with Crippen molar-refractivity contribution in [2.24, 2.45) is 0 Å². The van der Waals surface area contributed by atoms with Gasteiger partial charge in [0.25, 0.3) is 0 Å². The number of fused-ring (bicyclic) bond motifs is 1. The SMILES string of the molecule is Cc1ccc2c(NSc3ccccc3)ncnn12. The Bertz CT molecular complexity index is 663. The van der Waals surface area contributed by atoms with Crippen LogP contribution in [0.4, 0.5) is 5.82 Å². The topological polar surface area (TPSA) is 42.2 Å². The molecule has 0 saturated carbocycles. The van der Waals surface area contributed by atoms with E-state index in [0.29, 0.717) is 0 Å². The van der Waals surface area contributed by atoms with Gasteiger partial charge in [0.15, 0.2) is 5.82 Å². The Hall–Kier alpha value is -2.01. The lowest BCUT2D eigenvalue weighted by molar-refractivity contribution is 0.875. The minimum absolute atomic E-state index is 0.826. The Kier molecular flexibility index (Phi) is 2.90. The van der Waals surface area contributed by atoms with Crippen molar-refractivity contribution in [1.82, 2.24) is 14.6 Å². The molecule has 0 amide bonds. The quantitative estimate of drug-likeness (QED) is 0.731. The molecule has 0 aliphatic heterocycles. The molecule has 3 rings (SSSR count). The van der Waals surface area contributed by atoms with Gasteiger partial charge in [0.05, 0.1) is 0 Å². The summed E-state index contributed by atoms with van der Waals surface area (Å²) < 4.78 is 5.14. The van der Waals surface area contributed by atoms with Gasteiger partial charge in [-0.2, -0.15) is 5.10 Å². The van der Waals surface area contributed by atoms with Crippen LogP contribution in [0.15, 0.2) is 53.7 Å². The first-order chi connectivity index (χ1) is 8.84. The number of nitrogens with one attached hydrogen (secondary N) is 1. The lowest BCUT2D eigenvalue weighted by atomic mass is 10.4. The van der Waals surface area contributed by atoms with Crippen LogP contribution in [0.5, 0.6) is 0 Å². The van der Waals surface area contributed by atoms with Crippen LogP contribution in [0, 0.1) is 6.92 Å². The van der Waals surface area contributed by atoms with Crippen molar-refractivity contribution in [2.45, 2.75) is 11.8 Å². The average Bonchev–Trinajstić information content (AvgIpc) is 2.80. The zero-order valence-corrected chi connectivity index (χ0v) is 10.7. The maximum Gasteiger partial charge on any atom is 0.164 e. The lowest BCUT2D eigenvalue weighted by Crippen LogP contribution is -1.99. The van der Waals surface area contributed by atoms with E-state index in [4.69, 9.17) is 0 Å².